The summed E-state index contributed by atoms with van der Waals surface area (Å²) in [7, 11) is -2.77. The van der Waals surface area contributed by atoms with Crippen LogP contribution in [0.25, 0.3) is 0 Å². The summed E-state index contributed by atoms with van der Waals surface area (Å²) >= 11 is 0. The van der Waals surface area contributed by atoms with Gasteiger partial charge in [-0.15, -0.1) is 0 Å². The number of carbonyl (C=O) groups is 1. The number of aliphatic hydroxyl groups is 1. The lowest BCUT2D eigenvalue weighted by atomic mass is 9.43. The quantitative estimate of drug-likeness (QED) is 0.242. The second-order valence-corrected chi connectivity index (χ2v) is 13.7. The van der Waals surface area contributed by atoms with Crippen molar-refractivity contribution in [2.45, 2.75) is 97.2 Å². The third-order valence-electron chi connectivity index (χ3n) is 10.9. The molecule has 3 N–H and O–H groups in total. The van der Waals surface area contributed by atoms with Crippen LogP contribution in [0.5, 0.6) is 0 Å². The first-order chi connectivity index (χ1) is 16.4. The van der Waals surface area contributed by atoms with Gasteiger partial charge in [0.1, 0.15) is 0 Å². The van der Waals surface area contributed by atoms with E-state index in [1.807, 2.05) is 7.11 Å². The van der Waals surface area contributed by atoms with E-state index in [1.54, 1.807) is 0 Å². The van der Waals surface area contributed by atoms with Gasteiger partial charge in [-0.3, -0.25) is 4.79 Å². The minimum atomic E-state index is -4.64. The number of esters is 1. The van der Waals surface area contributed by atoms with Crippen molar-refractivity contribution in [3.8, 4) is 0 Å². The smallest absolute Gasteiger partial charge is 0.438 e. The van der Waals surface area contributed by atoms with Crippen LogP contribution in [0.3, 0.4) is 0 Å². The molecule has 9 heteroatoms. The fraction of sp³-hybridized carbons (Fsp3) is 0.962. The van der Waals surface area contributed by atoms with E-state index < -0.39 is 20.6 Å². The predicted octanol–water partition coefficient (Wildman–Crippen LogP) is 4.66. The summed E-state index contributed by atoms with van der Waals surface area (Å²) < 4.78 is 26.0. The van der Waals surface area contributed by atoms with Gasteiger partial charge in [-0.2, -0.15) is 0 Å². The molecule has 35 heavy (non-hydrogen) atoms. The second kappa shape index (κ2) is 10.3. The summed E-state index contributed by atoms with van der Waals surface area (Å²) in [6, 6.07) is 0. The van der Waals surface area contributed by atoms with E-state index in [1.165, 1.54) is 19.3 Å². The van der Waals surface area contributed by atoms with Gasteiger partial charge in [-0.25, -0.2) is 9.09 Å². The highest BCUT2D eigenvalue weighted by Gasteiger charge is 2.63. The molecule has 0 aromatic rings. The zero-order valence-electron chi connectivity index (χ0n) is 21.7. The number of phosphoric ester groups is 1. The highest BCUT2D eigenvalue weighted by atomic mass is 31.2. The summed E-state index contributed by atoms with van der Waals surface area (Å²) in [6.45, 7) is 6.48. The maximum atomic E-state index is 12.1. The second-order valence-electron chi connectivity index (χ2n) is 12.4. The van der Waals surface area contributed by atoms with Crippen LogP contribution >= 0.6 is 7.82 Å². The number of carbonyl (C=O) groups excluding carboxylic acids is 1. The molecule has 0 aliphatic heterocycles. The van der Waals surface area contributed by atoms with Gasteiger partial charge in [0.25, 0.3) is 0 Å². The summed E-state index contributed by atoms with van der Waals surface area (Å²) in [4.78, 5) is 29.5. The molecule has 0 amide bonds. The SMILES string of the molecule is COC1CC2CC(O)CCC2(C)C2CCC3(C)C(C(C)CCC(=O)OCOP(=O)(O)O)CCC3C12. The van der Waals surface area contributed by atoms with Gasteiger partial charge >= 0.3 is 13.8 Å². The highest BCUT2D eigenvalue weighted by molar-refractivity contribution is 7.46. The maximum Gasteiger partial charge on any atom is 0.472 e. The third kappa shape index (κ3) is 5.39. The molecular formula is C26H45O8P. The molecule has 8 nitrogen and oxygen atoms in total. The van der Waals surface area contributed by atoms with Gasteiger partial charge in [-0.1, -0.05) is 20.8 Å². The topological polar surface area (TPSA) is 123 Å². The summed E-state index contributed by atoms with van der Waals surface area (Å²) in [6.07, 6.45) is 9.80. The Morgan fingerprint density at radius 3 is 2.43 bits per heavy atom. The van der Waals surface area contributed by atoms with Crippen LogP contribution in [0.2, 0.25) is 0 Å². The molecule has 202 valence electrons. The molecule has 10 atom stereocenters. The van der Waals surface area contributed by atoms with Crippen LogP contribution in [0.15, 0.2) is 0 Å². The van der Waals surface area contributed by atoms with Crippen LogP contribution in [-0.2, 0) is 23.4 Å². The van der Waals surface area contributed by atoms with Crippen molar-refractivity contribution in [1.82, 2.24) is 0 Å². The normalized spacial score (nSPS) is 44.1. The van der Waals surface area contributed by atoms with E-state index >= 15 is 0 Å². The zero-order valence-corrected chi connectivity index (χ0v) is 22.6. The molecule has 10 unspecified atom stereocenters. The Hall–Kier alpha value is -0.500. The number of phosphoric acid groups is 1. The molecule has 4 fully saturated rings. The molecule has 0 radical (unpaired) electrons. The molecule has 0 aromatic carbocycles. The van der Waals surface area contributed by atoms with E-state index in [4.69, 9.17) is 19.3 Å². The largest absolute Gasteiger partial charge is 0.472 e. The number of rotatable bonds is 8. The van der Waals surface area contributed by atoms with Crippen LogP contribution in [0.1, 0.15) is 85.0 Å². The van der Waals surface area contributed by atoms with Crippen molar-refractivity contribution in [1.29, 1.82) is 0 Å². The summed E-state index contributed by atoms with van der Waals surface area (Å²) in [5, 5.41) is 10.4. The van der Waals surface area contributed by atoms with E-state index in [0.29, 0.717) is 47.3 Å². The fourth-order valence-corrected chi connectivity index (χ4v) is 9.37. The van der Waals surface area contributed by atoms with Crippen molar-refractivity contribution in [2.24, 2.45) is 46.3 Å². The first-order valence-electron chi connectivity index (χ1n) is 13.5. The Labute approximate surface area is 209 Å². The maximum absolute atomic E-state index is 12.1. The van der Waals surface area contributed by atoms with E-state index in [-0.39, 0.29) is 24.0 Å². The Morgan fingerprint density at radius 2 is 1.74 bits per heavy atom. The number of hydrogen-bond acceptors (Lipinski definition) is 6. The molecule has 0 aromatic heterocycles. The molecule has 0 saturated heterocycles. The highest BCUT2D eigenvalue weighted by Crippen LogP contribution is 2.68. The van der Waals surface area contributed by atoms with Gasteiger partial charge in [-0.05, 0) is 104 Å². The lowest BCUT2D eigenvalue weighted by Gasteiger charge is -2.63. The minimum absolute atomic E-state index is 0.164. The van der Waals surface area contributed by atoms with Crippen LogP contribution in [0.4, 0.5) is 0 Å². The molecule has 0 heterocycles. The monoisotopic (exact) mass is 516 g/mol. The van der Waals surface area contributed by atoms with Gasteiger partial charge in [0.2, 0.25) is 6.79 Å². The summed E-state index contributed by atoms with van der Waals surface area (Å²) in [5.41, 5.74) is 0.519. The van der Waals surface area contributed by atoms with Gasteiger partial charge in [0.15, 0.2) is 0 Å². The van der Waals surface area contributed by atoms with Crippen molar-refractivity contribution < 1.29 is 38.3 Å². The van der Waals surface area contributed by atoms with E-state index in [9.17, 15) is 14.5 Å². The Kier molecular flexibility index (Phi) is 8.13. The average Bonchev–Trinajstić information content (AvgIpc) is 3.14. The van der Waals surface area contributed by atoms with Crippen molar-refractivity contribution in [3.05, 3.63) is 0 Å². The lowest BCUT2D eigenvalue weighted by Crippen LogP contribution is -2.59. The number of aliphatic hydroxyl groups excluding tert-OH is 1. The zero-order chi connectivity index (χ0) is 25.6. The van der Waals surface area contributed by atoms with Crippen molar-refractivity contribution in [3.63, 3.8) is 0 Å². The van der Waals surface area contributed by atoms with Crippen LogP contribution < -0.4 is 0 Å². The average molecular weight is 517 g/mol. The number of ether oxygens (including phenoxy) is 2. The van der Waals surface area contributed by atoms with Crippen LogP contribution in [-0.4, -0.2) is 47.0 Å². The van der Waals surface area contributed by atoms with E-state index in [0.717, 1.165) is 32.1 Å². The Morgan fingerprint density at radius 1 is 1.06 bits per heavy atom. The van der Waals surface area contributed by atoms with Gasteiger partial charge in [0, 0.05) is 13.5 Å². The number of fused-ring (bicyclic) bond motifs is 5. The lowest BCUT2D eigenvalue weighted by molar-refractivity contribution is -0.181. The number of hydrogen-bond donors (Lipinski definition) is 3. The predicted molar refractivity (Wildman–Crippen MR) is 130 cm³/mol. The molecule has 4 saturated carbocycles. The Bertz CT molecular complexity index is 815. The van der Waals surface area contributed by atoms with Crippen molar-refractivity contribution >= 4 is 13.8 Å². The number of methoxy groups -OCH3 is 1. The first-order valence-corrected chi connectivity index (χ1v) is 15.0. The Balaban J connectivity index is 1.41. The van der Waals surface area contributed by atoms with Gasteiger partial charge < -0.3 is 24.4 Å². The molecule has 0 bridgehead atoms. The van der Waals surface area contributed by atoms with Crippen LogP contribution in [0, 0.1) is 46.3 Å². The molecule has 4 rings (SSSR count). The van der Waals surface area contributed by atoms with Crippen molar-refractivity contribution in [2.75, 3.05) is 13.9 Å². The molecule has 0 spiro atoms. The summed E-state index contributed by atoms with van der Waals surface area (Å²) in [5.74, 6) is 2.76. The third-order valence-corrected chi connectivity index (χ3v) is 11.4. The first kappa shape index (κ1) is 27.5. The van der Waals surface area contributed by atoms with Gasteiger partial charge in [0.05, 0.1) is 12.2 Å². The standard InChI is InChI=1S/C26H45O8P/c1-16(5-8-23(28)33-15-34-35(29,30)31)19-6-7-20-24-21(10-12-26(19,20)3)25(2)11-9-18(27)13-17(25)14-22(24)32-4/h16-22,24,27H,5-15H2,1-4H3,(H2,29,30,31). The molecule has 4 aliphatic carbocycles. The fourth-order valence-electron chi connectivity index (χ4n) is 9.18. The molecule has 4 aliphatic rings. The van der Waals surface area contributed by atoms with E-state index in [2.05, 4.69) is 25.3 Å². The molecular weight excluding hydrogens is 471 g/mol. The minimum Gasteiger partial charge on any atom is -0.438 e.